The zero-order valence-electron chi connectivity index (χ0n) is 11.5. The summed E-state index contributed by atoms with van der Waals surface area (Å²) in [6.45, 7) is 7.49. The molecular weight excluding hydrogens is 246 g/mol. The average Bonchev–Trinajstić information content (AvgIpc) is 2.77. The van der Waals surface area contributed by atoms with Crippen LogP contribution in [0, 0.1) is 5.41 Å². The molecule has 2 fully saturated rings. The molecule has 2 saturated heterocycles. The maximum atomic E-state index is 12.0. The highest BCUT2D eigenvalue weighted by atomic mass is 16.5. The lowest BCUT2D eigenvalue weighted by Gasteiger charge is -2.26. The summed E-state index contributed by atoms with van der Waals surface area (Å²) >= 11 is 0. The predicted octanol–water partition coefficient (Wildman–Crippen LogP) is -0.649. The molecule has 1 atom stereocenters. The Morgan fingerprint density at radius 2 is 2.21 bits per heavy atom. The summed E-state index contributed by atoms with van der Waals surface area (Å²) in [4.78, 5) is 25.6. The van der Waals surface area contributed by atoms with Crippen LogP contribution < -0.4 is 10.6 Å². The van der Waals surface area contributed by atoms with Gasteiger partial charge in [-0.15, -0.1) is 0 Å². The van der Waals surface area contributed by atoms with E-state index in [9.17, 15) is 9.59 Å². The van der Waals surface area contributed by atoms with Crippen LogP contribution in [0.25, 0.3) is 0 Å². The number of nitrogens with zero attached hydrogens (tertiary/aromatic N) is 1. The van der Waals surface area contributed by atoms with Crippen LogP contribution in [0.15, 0.2) is 0 Å². The van der Waals surface area contributed by atoms with Gasteiger partial charge in [0.2, 0.25) is 11.8 Å². The summed E-state index contributed by atoms with van der Waals surface area (Å²) in [7, 11) is 0. The van der Waals surface area contributed by atoms with Crippen molar-refractivity contribution in [2.45, 2.75) is 19.8 Å². The van der Waals surface area contributed by atoms with E-state index in [1.165, 1.54) is 0 Å². The van der Waals surface area contributed by atoms with Gasteiger partial charge in [-0.3, -0.25) is 14.5 Å². The fourth-order valence-electron chi connectivity index (χ4n) is 2.48. The number of carbonyl (C=O) groups excluding carboxylic acids is 2. The van der Waals surface area contributed by atoms with Crippen LogP contribution in [0.1, 0.15) is 19.8 Å². The van der Waals surface area contributed by atoms with Crippen molar-refractivity contribution in [3.05, 3.63) is 0 Å². The van der Waals surface area contributed by atoms with Gasteiger partial charge in [0.15, 0.2) is 0 Å². The van der Waals surface area contributed by atoms with Crippen molar-refractivity contribution in [3.63, 3.8) is 0 Å². The molecular formula is C13H23N3O3. The number of nitrogens with one attached hydrogen (secondary N) is 2. The number of hydrogen-bond donors (Lipinski definition) is 2. The molecule has 108 valence electrons. The minimum atomic E-state index is -0.573. The third-order valence-corrected chi connectivity index (χ3v) is 3.82. The Labute approximate surface area is 113 Å². The van der Waals surface area contributed by atoms with E-state index < -0.39 is 5.41 Å². The molecule has 2 aliphatic heterocycles. The van der Waals surface area contributed by atoms with Crippen LogP contribution in [0.5, 0.6) is 0 Å². The molecule has 0 aromatic carbocycles. The Morgan fingerprint density at radius 3 is 2.84 bits per heavy atom. The first-order valence-corrected chi connectivity index (χ1v) is 6.95. The van der Waals surface area contributed by atoms with Crippen LogP contribution >= 0.6 is 0 Å². The van der Waals surface area contributed by atoms with Gasteiger partial charge in [0.1, 0.15) is 0 Å². The summed E-state index contributed by atoms with van der Waals surface area (Å²) < 4.78 is 5.28. The molecule has 2 amide bonds. The molecule has 6 nitrogen and oxygen atoms in total. The van der Waals surface area contributed by atoms with Crippen molar-refractivity contribution in [1.82, 2.24) is 15.5 Å². The second kappa shape index (κ2) is 6.34. The summed E-state index contributed by atoms with van der Waals surface area (Å²) in [6, 6.07) is 0. The first-order chi connectivity index (χ1) is 9.10. The highest BCUT2D eigenvalue weighted by molar-refractivity contribution is 5.92. The number of hydrogen-bond acceptors (Lipinski definition) is 4. The van der Waals surface area contributed by atoms with E-state index in [1.807, 2.05) is 6.92 Å². The summed E-state index contributed by atoms with van der Waals surface area (Å²) in [5.41, 5.74) is -0.573. The monoisotopic (exact) mass is 269 g/mol. The fraction of sp³-hybridized carbons (Fsp3) is 0.846. The predicted molar refractivity (Wildman–Crippen MR) is 70.6 cm³/mol. The first-order valence-electron chi connectivity index (χ1n) is 6.95. The van der Waals surface area contributed by atoms with E-state index in [2.05, 4.69) is 15.5 Å². The molecule has 0 aromatic heterocycles. The zero-order valence-corrected chi connectivity index (χ0v) is 11.5. The smallest absolute Gasteiger partial charge is 0.228 e. The standard InChI is InChI=1S/C13H23N3O3/c1-13(9-11(17)15-10-13)12(18)14-3-2-4-16-5-7-19-8-6-16/h2-10H2,1H3,(H,14,18)(H,15,17). The number of ether oxygens (including phenoxy) is 1. The Morgan fingerprint density at radius 1 is 1.47 bits per heavy atom. The Hall–Kier alpha value is -1.14. The van der Waals surface area contributed by atoms with Crippen molar-refractivity contribution in [2.24, 2.45) is 5.41 Å². The second-order valence-corrected chi connectivity index (χ2v) is 5.58. The molecule has 0 aromatic rings. The molecule has 2 heterocycles. The normalized spacial score (nSPS) is 28.2. The van der Waals surface area contributed by atoms with Gasteiger partial charge >= 0.3 is 0 Å². The van der Waals surface area contributed by atoms with E-state index in [0.717, 1.165) is 39.3 Å². The minimum absolute atomic E-state index is 0.0205. The molecule has 2 rings (SSSR count). The van der Waals surface area contributed by atoms with Crippen molar-refractivity contribution in [1.29, 1.82) is 0 Å². The van der Waals surface area contributed by atoms with E-state index >= 15 is 0 Å². The third kappa shape index (κ3) is 3.91. The fourth-order valence-corrected chi connectivity index (χ4v) is 2.48. The molecule has 0 radical (unpaired) electrons. The van der Waals surface area contributed by atoms with Crippen LogP contribution in [-0.2, 0) is 14.3 Å². The molecule has 0 bridgehead atoms. The lowest BCUT2D eigenvalue weighted by molar-refractivity contribution is -0.131. The summed E-state index contributed by atoms with van der Waals surface area (Å²) in [5, 5.41) is 5.65. The van der Waals surface area contributed by atoms with Gasteiger partial charge in [0, 0.05) is 32.6 Å². The second-order valence-electron chi connectivity index (χ2n) is 5.58. The quantitative estimate of drug-likeness (QED) is 0.651. The van der Waals surface area contributed by atoms with Gasteiger partial charge in [-0.05, 0) is 19.9 Å². The van der Waals surface area contributed by atoms with Crippen LogP contribution in [0.3, 0.4) is 0 Å². The molecule has 2 aliphatic rings. The molecule has 19 heavy (non-hydrogen) atoms. The number of carbonyl (C=O) groups is 2. The van der Waals surface area contributed by atoms with Gasteiger partial charge in [-0.1, -0.05) is 0 Å². The molecule has 2 N–H and O–H groups in total. The Kier molecular flexibility index (Phi) is 4.76. The molecule has 0 aliphatic carbocycles. The van der Waals surface area contributed by atoms with Crippen molar-refractivity contribution in [3.8, 4) is 0 Å². The molecule has 6 heteroatoms. The lowest BCUT2D eigenvalue weighted by Crippen LogP contribution is -2.42. The van der Waals surface area contributed by atoms with Gasteiger partial charge in [-0.25, -0.2) is 0 Å². The Bertz CT molecular complexity index is 342. The molecule has 0 spiro atoms. The summed E-state index contributed by atoms with van der Waals surface area (Å²) in [6.07, 6.45) is 1.23. The Balaban J connectivity index is 1.62. The van der Waals surface area contributed by atoms with Crippen LogP contribution in [-0.4, -0.2) is 62.7 Å². The highest BCUT2D eigenvalue weighted by Gasteiger charge is 2.40. The largest absolute Gasteiger partial charge is 0.379 e. The average molecular weight is 269 g/mol. The van der Waals surface area contributed by atoms with Crippen LogP contribution in [0.4, 0.5) is 0 Å². The van der Waals surface area contributed by atoms with Crippen LogP contribution in [0.2, 0.25) is 0 Å². The number of rotatable bonds is 5. The van der Waals surface area contributed by atoms with Crippen molar-refractivity contribution in [2.75, 3.05) is 45.9 Å². The highest BCUT2D eigenvalue weighted by Crippen LogP contribution is 2.25. The SMILES string of the molecule is CC1(C(=O)NCCCN2CCOCC2)CNC(=O)C1. The maximum absolute atomic E-state index is 12.0. The number of amides is 2. The van der Waals surface area contributed by atoms with E-state index in [0.29, 0.717) is 19.5 Å². The van der Waals surface area contributed by atoms with Gasteiger partial charge in [0.25, 0.3) is 0 Å². The van der Waals surface area contributed by atoms with Crippen molar-refractivity contribution < 1.29 is 14.3 Å². The van der Waals surface area contributed by atoms with Crippen molar-refractivity contribution >= 4 is 11.8 Å². The van der Waals surface area contributed by atoms with E-state index in [4.69, 9.17) is 4.74 Å². The van der Waals surface area contributed by atoms with E-state index in [1.54, 1.807) is 0 Å². The summed E-state index contributed by atoms with van der Waals surface area (Å²) in [5.74, 6) is -0.0567. The van der Waals surface area contributed by atoms with E-state index in [-0.39, 0.29) is 11.8 Å². The number of morpholine rings is 1. The van der Waals surface area contributed by atoms with Gasteiger partial charge in [0.05, 0.1) is 18.6 Å². The lowest BCUT2D eigenvalue weighted by atomic mass is 9.88. The van der Waals surface area contributed by atoms with Gasteiger partial charge < -0.3 is 15.4 Å². The molecule has 0 saturated carbocycles. The topological polar surface area (TPSA) is 70.7 Å². The maximum Gasteiger partial charge on any atom is 0.228 e. The zero-order chi connectivity index (χ0) is 13.7. The third-order valence-electron chi connectivity index (χ3n) is 3.82. The van der Waals surface area contributed by atoms with Gasteiger partial charge in [-0.2, -0.15) is 0 Å². The minimum Gasteiger partial charge on any atom is -0.379 e. The molecule has 1 unspecified atom stereocenters. The first kappa shape index (κ1) is 14.3.